The molecule has 0 radical (unpaired) electrons. The summed E-state index contributed by atoms with van der Waals surface area (Å²) in [5.74, 6) is -0.447. The molecule has 1 aliphatic carbocycles. The third kappa shape index (κ3) is 3.64. The van der Waals surface area contributed by atoms with Gasteiger partial charge in [0.2, 0.25) is 0 Å². The Bertz CT molecular complexity index is 946. The summed E-state index contributed by atoms with van der Waals surface area (Å²) in [5.41, 5.74) is -1.42. The highest BCUT2D eigenvalue weighted by Crippen LogP contribution is 2.47. The fourth-order valence-corrected chi connectivity index (χ4v) is 4.21. The first kappa shape index (κ1) is 20.6. The quantitative estimate of drug-likeness (QED) is 0.685. The first-order valence-electron chi connectivity index (χ1n) is 9.60. The predicted octanol–water partition coefficient (Wildman–Crippen LogP) is 3.56. The molecule has 10 heteroatoms. The van der Waals surface area contributed by atoms with Crippen molar-refractivity contribution < 1.29 is 31.8 Å². The maximum Gasteiger partial charge on any atom is 0.417 e. The largest absolute Gasteiger partial charge is 0.487 e. The Labute approximate surface area is 170 Å². The van der Waals surface area contributed by atoms with E-state index in [4.69, 9.17) is 9.47 Å². The van der Waals surface area contributed by atoms with Gasteiger partial charge >= 0.3 is 6.18 Å². The molecule has 2 aromatic rings. The van der Waals surface area contributed by atoms with Crippen molar-refractivity contribution in [2.45, 2.75) is 50.2 Å². The summed E-state index contributed by atoms with van der Waals surface area (Å²) >= 11 is 0. The highest BCUT2D eigenvalue weighted by molar-refractivity contribution is 5.93. The second-order valence-corrected chi connectivity index (χ2v) is 7.58. The summed E-state index contributed by atoms with van der Waals surface area (Å²) < 4.78 is 65.5. The van der Waals surface area contributed by atoms with Crippen LogP contribution in [-0.4, -0.2) is 52.1 Å². The monoisotopic (exact) mass is 427 g/mol. The number of carbonyl (C=O) groups is 1. The smallest absolute Gasteiger partial charge is 0.417 e. The molecule has 2 atom stereocenters. The molecule has 1 fully saturated rings. The van der Waals surface area contributed by atoms with Crippen LogP contribution < -0.4 is 4.74 Å². The van der Waals surface area contributed by atoms with Gasteiger partial charge in [-0.1, -0.05) is 6.07 Å². The third-order valence-electron chi connectivity index (χ3n) is 5.84. The van der Waals surface area contributed by atoms with Crippen molar-refractivity contribution in [1.29, 1.82) is 0 Å². The van der Waals surface area contributed by atoms with Crippen LogP contribution in [0.3, 0.4) is 0 Å². The summed E-state index contributed by atoms with van der Waals surface area (Å²) in [6.45, 7) is 0.699. The molecule has 1 aromatic heterocycles. The van der Waals surface area contributed by atoms with E-state index < -0.39 is 23.6 Å². The van der Waals surface area contributed by atoms with Crippen LogP contribution in [0.1, 0.15) is 35.4 Å². The van der Waals surface area contributed by atoms with Crippen molar-refractivity contribution in [2.24, 2.45) is 0 Å². The molecule has 1 saturated carbocycles. The Balaban J connectivity index is 1.45. The molecule has 0 bridgehead atoms. The molecule has 6 nitrogen and oxygen atoms in total. The summed E-state index contributed by atoms with van der Waals surface area (Å²) in [4.78, 5) is 14.4. The molecule has 4 rings (SSSR count). The molecule has 1 aromatic carbocycles. The second kappa shape index (κ2) is 7.57. The van der Waals surface area contributed by atoms with Gasteiger partial charge in [0, 0.05) is 32.2 Å². The number of aromatic nitrogens is 2. The first-order valence-corrected chi connectivity index (χ1v) is 9.60. The van der Waals surface area contributed by atoms with E-state index in [0.29, 0.717) is 23.7 Å². The van der Waals surface area contributed by atoms with Gasteiger partial charge < -0.3 is 14.4 Å². The molecular formula is C20H21F4N3O3. The van der Waals surface area contributed by atoms with Crippen LogP contribution in [0.4, 0.5) is 17.6 Å². The topological polar surface area (TPSA) is 56.6 Å². The lowest BCUT2D eigenvalue weighted by atomic mass is 10.0. The minimum absolute atomic E-state index is 0.0427. The van der Waals surface area contributed by atoms with Crippen LogP contribution in [0.15, 0.2) is 30.3 Å². The number of halogens is 4. The molecule has 0 spiro atoms. The number of ether oxygens (including phenoxy) is 2. The zero-order valence-corrected chi connectivity index (χ0v) is 16.3. The lowest BCUT2D eigenvalue weighted by Gasteiger charge is -2.35. The number of hydrogen-bond donors (Lipinski definition) is 0. The minimum atomic E-state index is -4.49. The molecule has 0 saturated heterocycles. The van der Waals surface area contributed by atoms with Gasteiger partial charge in [0.1, 0.15) is 29.6 Å². The van der Waals surface area contributed by atoms with Gasteiger partial charge in [-0.05, 0) is 31.0 Å². The highest BCUT2D eigenvalue weighted by Gasteiger charge is 2.60. The van der Waals surface area contributed by atoms with Crippen molar-refractivity contribution in [1.82, 2.24) is 14.7 Å². The van der Waals surface area contributed by atoms with Crippen molar-refractivity contribution in [3.8, 4) is 5.75 Å². The molecule has 0 N–H and O–H groups in total. The average molecular weight is 427 g/mol. The van der Waals surface area contributed by atoms with Gasteiger partial charge in [-0.3, -0.25) is 9.48 Å². The van der Waals surface area contributed by atoms with E-state index in [1.165, 1.54) is 27.8 Å². The fourth-order valence-electron chi connectivity index (χ4n) is 4.21. The maximum atomic E-state index is 13.5. The van der Waals surface area contributed by atoms with Crippen molar-refractivity contribution in [3.05, 3.63) is 47.5 Å². The van der Waals surface area contributed by atoms with E-state index in [1.807, 2.05) is 0 Å². The first-order chi connectivity index (χ1) is 14.2. The number of amides is 1. The molecule has 2 aliphatic rings. The van der Waals surface area contributed by atoms with E-state index in [2.05, 4.69) is 5.10 Å². The lowest BCUT2D eigenvalue weighted by molar-refractivity contribution is -0.268. The lowest BCUT2D eigenvalue weighted by Crippen LogP contribution is -2.49. The van der Waals surface area contributed by atoms with Crippen LogP contribution in [-0.2, 0) is 17.9 Å². The van der Waals surface area contributed by atoms with Gasteiger partial charge in [0.25, 0.3) is 5.91 Å². The Morgan fingerprint density at radius 3 is 2.73 bits per heavy atom. The van der Waals surface area contributed by atoms with Gasteiger partial charge in [0.15, 0.2) is 5.60 Å². The Morgan fingerprint density at radius 1 is 1.27 bits per heavy atom. The molecule has 1 unspecified atom stereocenters. The molecule has 30 heavy (non-hydrogen) atoms. The fraction of sp³-hybridized carbons (Fsp3) is 0.500. The van der Waals surface area contributed by atoms with Gasteiger partial charge in [-0.25, -0.2) is 4.39 Å². The van der Waals surface area contributed by atoms with Crippen LogP contribution in [0.5, 0.6) is 5.75 Å². The number of hydrogen-bond acceptors (Lipinski definition) is 4. The third-order valence-corrected chi connectivity index (χ3v) is 5.84. The standard InChI is InChI=1S/C20H21F4N3O3/c1-29-19(20(22,23)24)6-5-15(11-19)26-7-8-27-17(18(26)28)10-14(25-27)12-30-16-4-2-3-13(21)9-16/h2-4,9-10,15H,5-8,11-12H2,1H3/t15?,19-/m0/s1. The SMILES string of the molecule is CO[C@@]1(C(F)(F)F)CCC(N2CCn3nc(COc4cccc(F)c4)cc3C2=O)C1. The summed E-state index contributed by atoms with van der Waals surface area (Å²) in [5, 5.41) is 4.33. The molecule has 162 valence electrons. The molecule has 1 aliphatic heterocycles. The number of nitrogens with zero attached hydrogens (tertiary/aromatic N) is 3. The maximum absolute atomic E-state index is 13.5. The number of rotatable bonds is 5. The number of alkyl halides is 3. The van der Waals surface area contributed by atoms with E-state index in [1.54, 1.807) is 12.1 Å². The van der Waals surface area contributed by atoms with Crippen LogP contribution in [0.25, 0.3) is 0 Å². The summed E-state index contributed by atoms with van der Waals surface area (Å²) in [6.07, 6.45) is -4.71. The van der Waals surface area contributed by atoms with Crippen LogP contribution in [0, 0.1) is 5.82 Å². The van der Waals surface area contributed by atoms with Crippen LogP contribution >= 0.6 is 0 Å². The molecule has 1 amide bonds. The summed E-state index contributed by atoms with van der Waals surface area (Å²) in [6, 6.07) is 6.69. The number of carbonyl (C=O) groups excluding carboxylic acids is 1. The van der Waals surface area contributed by atoms with Crippen LogP contribution in [0.2, 0.25) is 0 Å². The zero-order valence-electron chi connectivity index (χ0n) is 16.3. The Kier molecular flexibility index (Phi) is 5.21. The molecular weight excluding hydrogens is 406 g/mol. The van der Waals surface area contributed by atoms with Crippen molar-refractivity contribution in [3.63, 3.8) is 0 Å². The highest BCUT2D eigenvalue weighted by atomic mass is 19.4. The Hall–Kier alpha value is -2.62. The van der Waals surface area contributed by atoms with Crippen molar-refractivity contribution in [2.75, 3.05) is 13.7 Å². The van der Waals surface area contributed by atoms with E-state index in [-0.39, 0.29) is 38.3 Å². The van der Waals surface area contributed by atoms with Gasteiger partial charge in [0.05, 0.1) is 6.54 Å². The van der Waals surface area contributed by atoms with E-state index >= 15 is 0 Å². The predicted molar refractivity (Wildman–Crippen MR) is 97.4 cm³/mol. The number of benzene rings is 1. The van der Waals surface area contributed by atoms with Gasteiger partial charge in [-0.15, -0.1) is 0 Å². The minimum Gasteiger partial charge on any atom is -0.487 e. The number of fused-ring (bicyclic) bond motifs is 1. The molecule has 2 heterocycles. The number of methoxy groups -OCH3 is 1. The van der Waals surface area contributed by atoms with E-state index in [9.17, 15) is 22.4 Å². The average Bonchev–Trinajstić information content (AvgIpc) is 3.32. The van der Waals surface area contributed by atoms with Crippen molar-refractivity contribution >= 4 is 5.91 Å². The van der Waals surface area contributed by atoms with Gasteiger partial charge in [-0.2, -0.15) is 18.3 Å². The normalized spacial score (nSPS) is 24.2. The van der Waals surface area contributed by atoms with E-state index in [0.717, 1.165) is 7.11 Å². The zero-order chi connectivity index (χ0) is 21.5. The summed E-state index contributed by atoms with van der Waals surface area (Å²) in [7, 11) is 1.06. The second-order valence-electron chi connectivity index (χ2n) is 7.58. The Morgan fingerprint density at radius 2 is 2.07 bits per heavy atom.